The molecule has 1 aliphatic carbocycles. The van der Waals surface area contributed by atoms with Gasteiger partial charge in [-0.15, -0.1) is 0 Å². The Bertz CT molecular complexity index is 679. The first kappa shape index (κ1) is 15.5. The van der Waals surface area contributed by atoms with Crippen LogP contribution < -0.4 is 5.32 Å². The van der Waals surface area contributed by atoms with Gasteiger partial charge in [0.15, 0.2) is 0 Å². The van der Waals surface area contributed by atoms with Crippen LogP contribution in [0.3, 0.4) is 0 Å². The van der Waals surface area contributed by atoms with Crippen molar-refractivity contribution in [3.05, 3.63) is 53.7 Å². The van der Waals surface area contributed by atoms with Crippen LogP contribution in [0.25, 0.3) is 6.08 Å². The van der Waals surface area contributed by atoms with E-state index < -0.39 is 0 Å². The van der Waals surface area contributed by atoms with Crippen LogP contribution >= 0.6 is 0 Å². The number of amides is 1. The highest BCUT2D eigenvalue weighted by molar-refractivity contribution is 6.01. The third-order valence-electron chi connectivity index (χ3n) is 4.35. The first-order valence-corrected chi connectivity index (χ1v) is 8.31. The van der Waals surface area contributed by atoms with Crippen LogP contribution in [0, 0.1) is 6.92 Å². The molecule has 2 aromatic rings. The van der Waals surface area contributed by atoms with E-state index in [9.17, 15) is 4.79 Å². The topological polar surface area (TPSA) is 46.9 Å². The number of aromatic nitrogens is 2. The van der Waals surface area contributed by atoms with E-state index in [1.54, 1.807) is 12.3 Å². The van der Waals surface area contributed by atoms with Crippen molar-refractivity contribution in [3.63, 3.8) is 0 Å². The molecule has 0 spiro atoms. The van der Waals surface area contributed by atoms with E-state index in [1.165, 1.54) is 24.8 Å². The van der Waals surface area contributed by atoms with E-state index in [-0.39, 0.29) is 5.91 Å². The normalized spacial score (nSPS) is 15.9. The van der Waals surface area contributed by atoms with Gasteiger partial charge in [-0.25, -0.2) is 4.68 Å². The number of nitrogens with one attached hydrogen (secondary N) is 1. The van der Waals surface area contributed by atoms with Crippen LogP contribution in [0.15, 0.2) is 42.6 Å². The zero-order valence-corrected chi connectivity index (χ0v) is 13.5. The van der Waals surface area contributed by atoms with Crippen molar-refractivity contribution in [2.45, 2.75) is 45.1 Å². The number of rotatable bonds is 4. The molecule has 4 nitrogen and oxygen atoms in total. The Balaban J connectivity index is 1.64. The third-order valence-corrected chi connectivity index (χ3v) is 4.35. The van der Waals surface area contributed by atoms with Crippen LogP contribution in [0.1, 0.15) is 49.3 Å². The van der Waals surface area contributed by atoms with Crippen molar-refractivity contribution in [3.8, 4) is 0 Å². The molecule has 1 N–H and O–H groups in total. The lowest BCUT2D eigenvalue weighted by Gasteiger charge is -2.23. The van der Waals surface area contributed by atoms with E-state index in [0.717, 1.165) is 24.2 Å². The number of hydrogen-bond donors (Lipinski definition) is 1. The number of benzene rings is 1. The van der Waals surface area contributed by atoms with Gasteiger partial charge in [-0.3, -0.25) is 4.79 Å². The van der Waals surface area contributed by atoms with Crippen molar-refractivity contribution in [1.82, 2.24) is 9.78 Å². The molecule has 0 aliphatic heterocycles. The minimum absolute atomic E-state index is 0.122. The van der Waals surface area contributed by atoms with Crippen molar-refractivity contribution in [2.75, 3.05) is 5.32 Å². The summed E-state index contributed by atoms with van der Waals surface area (Å²) in [6, 6.07) is 10.4. The second-order valence-electron chi connectivity index (χ2n) is 6.19. The number of hydrogen-bond acceptors (Lipinski definition) is 2. The SMILES string of the molecule is Cc1ccc(/C=C/C(=O)Nc2ccnn2C2CCCCC2)cc1. The molecule has 3 rings (SSSR count). The second kappa shape index (κ2) is 7.27. The molecule has 23 heavy (non-hydrogen) atoms. The average molecular weight is 309 g/mol. The van der Waals surface area contributed by atoms with Crippen molar-refractivity contribution < 1.29 is 4.79 Å². The van der Waals surface area contributed by atoms with Crippen molar-refractivity contribution >= 4 is 17.8 Å². The highest BCUT2D eigenvalue weighted by Crippen LogP contribution is 2.29. The first-order valence-electron chi connectivity index (χ1n) is 8.31. The quantitative estimate of drug-likeness (QED) is 0.854. The minimum Gasteiger partial charge on any atom is -0.307 e. The average Bonchev–Trinajstić information content (AvgIpc) is 3.03. The molecule has 1 aliphatic rings. The fourth-order valence-electron chi connectivity index (χ4n) is 3.05. The zero-order chi connectivity index (χ0) is 16.1. The molecule has 1 aromatic carbocycles. The molecule has 1 heterocycles. The predicted molar refractivity (Wildman–Crippen MR) is 93.2 cm³/mol. The summed E-state index contributed by atoms with van der Waals surface area (Å²) in [5.74, 6) is 0.665. The summed E-state index contributed by atoms with van der Waals surface area (Å²) in [4.78, 5) is 12.1. The Labute approximate surface area is 137 Å². The largest absolute Gasteiger partial charge is 0.307 e. The van der Waals surface area contributed by atoms with Gasteiger partial charge in [0.05, 0.1) is 12.2 Å². The maximum absolute atomic E-state index is 12.1. The van der Waals surface area contributed by atoms with Crippen LogP contribution in [-0.4, -0.2) is 15.7 Å². The number of nitrogens with zero attached hydrogens (tertiary/aromatic N) is 2. The van der Waals surface area contributed by atoms with E-state index in [1.807, 2.05) is 48.0 Å². The van der Waals surface area contributed by atoms with E-state index in [2.05, 4.69) is 10.4 Å². The van der Waals surface area contributed by atoms with Crippen LogP contribution in [0.2, 0.25) is 0 Å². The molecule has 0 saturated heterocycles. The van der Waals surface area contributed by atoms with Gasteiger partial charge >= 0.3 is 0 Å². The van der Waals surface area contributed by atoms with Crippen molar-refractivity contribution in [1.29, 1.82) is 0 Å². The predicted octanol–water partition coefficient (Wildman–Crippen LogP) is 4.35. The second-order valence-corrected chi connectivity index (χ2v) is 6.19. The molecule has 0 bridgehead atoms. The van der Waals surface area contributed by atoms with Gasteiger partial charge in [0.25, 0.3) is 0 Å². The fourth-order valence-corrected chi connectivity index (χ4v) is 3.05. The molecular formula is C19H23N3O. The van der Waals surface area contributed by atoms with Crippen LogP contribution in [-0.2, 0) is 4.79 Å². The van der Waals surface area contributed by atoms with Gasteiger partial charge < -0.3 is 5.32 Å². The maximum Gasteiger partial charge on any atom is 0.249 e. The molecule has 1 aromatic heterocycles. The molecule has 4 heteroatoms. The Morgan fingerprint density at radius 3 is 2.65 bits per heavy atom. The monoisotopic (exact) mass is 309 g/mol. The Kier molecular flexibility index (Phi) is 4.91. The molecule has 0 unspecified atom stereocenters. The summed E-state index contributed by atoms with van der Waals surface area (Å²) >= 11 is 0. The first-order chi connectivity index (χ1) is 11.2. The zero-order valence-electron chi connectivity index (χ0n) is 13.5. The number of anilines is 1. The van der Waals surface area contributed by atoms with E-state index >= 15 is 0 Å². The standard InChI is InChI=1S/C19H23N3O/c1-15-7-9-16(10-8-15)11-12-19(23)21-18-13-14-20-22(18)17-5-3-2-4-6-17/h7-14,17H,2-6H2,1H3,(H,21,23)/b12-11+. The smallest absolute Gasteiger partial charge is 0.249 e. The summed E-state index contributed by atoms with van der Waals surface area (Å²) in [5.41, 5.74) is 2.23. The summed E-state index contributed by atoms with van der Waals surface area (Å²) in [5, 5.41) is 7.34. The Morgan fingerprint density at radius 2 is 1.91 bits per heavy atom. The highest BCUT2D eigenvalue weighted by Gasteiger charge is 2.18. The minimum atomic E-state index is -0.122. The van der Waals surface area contributed by atoms with Gasteiger partial charge in [0.1, 0.15) is 5.82 Å². The maximum atomic E-state index is 12.1. The highest BCUT2D eigenvalue weighted by atomic mass is 16.1. The fraction of sp³-hybridized carbons (Fsp3) is 0.368. The van der Waals surface area contributed by atoms with E-state index in [0.29, 0.717) is 6.04 Å². The molecule has 0 atom stereocenters. The number of carbonyl (C=O) groups is 1. The van der Waals surface area contributed by atoms with Gasteiger partial charge in [0, 0.05) is 12.1 Å². The summed E-state index contributed by atoms with van der Waals surface area (Å²) in [7, 11) is 0. The molecule has 120 valence electrons. The molecule has 0 radical (unpaired) electrons. The Morgan fingerprint density at radius 1 is 1.17 bits per heavy atom. The van der Waals surface area contributed by atoms with E-state index in [4.69, 9.17) is 0 Å². The number of carbonyl (C=O) groups excluding carboxylic acids is 1. The summed E-state index contributed by atoms with van der Waals surface area (Å²) in [6.45, 7) is 2.05. The lowest BCUT2D eigenvalue weighted by atomic mass is 9.96. The van der Waals surface area contributed by atoms with Crippen LogP contribution in [0.5, 0.6) is 0 Å². The molecule has 1 saturated carbocycles. The van der Waals surface area contributed by atoms with Gasteiger partial charge in [-0.05, 0) is 31.4 Å². The third kappa shape index (κ3) is 4.09. The van der Waals surface area contributed by atoms with Crippen molar-refractivity contribution in [2.24, 2.45) is 0 Å². The van der Waals surface area contributed by atoms with Gasteiger partial charge in [-0.2, -0.15) is 5.10 Å². The number of aryl methyl sites for hydroxylation is 1. The lowest BCUT2D eigenvalue weighted by Crippen LogP contribution is -2.19. The Hall–Kier alpha value is -2.36. The van der Waals surface area contributed by atoms with Gasteiger partial charge in [0.2, 0.25) is 5.91 Å². The summed E-state index contributed by atoms with van der Waals surface area (Å²) < 4.78 is 1.97. The van der Waals surface area contributed by atoms with Crippen LogP contribution in [0.4, 0.5) is 5.82 Å². The lowest BCUT2D eigenvalue weighted by molar-refractivity contribution is -0.111. The molecular weight excluding hydrogens is 286 g/mol. The summed E-state index contributed by atoms with van der Waals surface area (Å²) in [6.07, 6.45) is 11.2. The molecule has 1 fully saturated rings. The molecule has 1 amide bonds. The van der Waals surface area contributed by atoms with Gasteiger partial charge in [-0.1, -0.05) is 49.1 Å².